The van der Waals surface area contributed by atoms with Crippen LogP contribution in [-0.2, 0) is 10.0 Å². The smallest absolute Gasteiger partial charge is 0.241 e. The number of sulfonamides is 1. The molecule has 0 radical (unpaired) electrons. The van der Waals surface area contributed by atoms with Gasteiger partial charge in [0.1, 0.15) is 5.75 Å². The number of aryl methyl sites for hydroxylation is 1. The maximum atomic E-state index is 13.2. The topological polar surface area (TPSA) is 72.0 Å². The summed E-state index contributed by atoms with van der Waals surface area (Å²) in [5.74, 6) is 0.790. The van der Waals surface area contributed by atoms with E-state index in [4.69, 9.17) is 4.74 Å². The Labute approximate surface area is 159 Å². The molecule has 1 fully saturated rings. The first-order chi connectivity index (χ1) is 11.8. The molecule has 0 aromatic heterocycles. The third-order valence-corrected chi connectivity index (χ3v) is 6.85. The van der Waals surface area contributed by atoms with Gasteiger partial charge in [-0.2, -0.15) is 0 Å². The third kappa shape index (κ3) is 4.59. The molecule has 0 amide bonds. The summed E-state index contributed by atoms with van der Waals surface area (Å²) in [5, 5.41) is 2.35. The van der Waals surface area contributed by atoms with Gasteiger partial charge >= 0.3 is 0 Å². The van der Waals surface area contributed by atoms with E-state index < -0.39 is 10.0 Å². The highest BCUT2D eigenvalue weighted by molar-refractivity contribution is 7.89. The molecule has 0 atom stereocenters. The van der Waals surface area contributed by atoms with Gasteiger partial charge in [-0.15, -0.1) is 0 Å². The van der Waals surface area contributed by atoms with Crippen LogP contribution < -0.4 is 14.8 Å². The summed E-state index contributed by atoms with van der Waals surface area (Å²) >= 11 is 0. The van der Waals surface area contributed by atoms with Crippen LogP contribution >= 0.6 is 0 Å². The highest BCUT2D eigenvalue weighted by Crippen LogP contribution is 2.32. The predicted octanol–water partition coefficient (Wildman–Crippen LogP) is 2.57. The second-order valence-corrected chi connectivity index (χ2v) is 10.7. The lowest BCUT2D eigenvalue weighted by atomic mass is 9.80. The van der Waals surface area contributed by atoms with E-state index in [1.165, 1.54) is 0 Å². The molecular formula is C20H35N2O3S+. The molecule has 0 spiro atoms. The molecule has 3 N–H and O–H groups in total. The second kappa shape index (κ2) is 7.13. The summed E-state index contributed by atoms with van der Waals surface area (Å²) in [7, 11) is -3.59. The fourth-order valence-corrected chi connectivity index (χ4v) is 6.17. The average Bonchev–Trinajstić information content (AvgIpc) is 2.43. The molecular weight excluding hydrogens is 348 g/mol. The number of nitrogens with two attached hydrogens (primary N) is 1. The van der Waals surface area contributed by atoms with Gasteiger partial charge in [0, 0.05) is 18.9 Å². The molecule has 1 aromatic rings. The minimum absolute atomic E-state index is 0.00857. The van der Waals surface area contributed by atoms with Crippen molar-refractivity contribution in [1.29, 1.82) is 0 Å². The molecule has 1 saturated heterocycles. The van der Waals surface area contributed by atoms with Crippen molar-refractivity contribution in [3.05, 3.63) is 22.8 Å². The van der Waals surface area contributed by atoms with Crippen LogP contribution in [0.4, 0.5) is 0 Å². The van der Waals surface area contributed by atoms with E-state index in [0.717, 1.165) is 35.3 Å². The number of quaternary nitrogens is 1. The fraction of sp³-hybridized carbons (Fsp3) is 0.700. The van der Waals surface area contributed by atoms with Gasteiger partial charge < -0.3 is 10.1 Å². The molecule has 1 aromatic carbocycles. The Bertz CT molecular complexity index is 767. The van der Waals surface area contributed by atoms with Crippen LogP contribution in [0.15, 0.2) is 11.0 Å². The maximum Gasteiger partial charge on any atom is 0.241 e. The Morgan fingerprint density at radius 3 is 2.15 bits per heavy atom. The first-order valence-corrected chi connectivity index (χ1v) is 10.9. The maximum absolute atomic E-state index is 13.2. The van der Waals surface area contributed by atoms with E-state index >= 15 is 0 Å². The molecule has 5 nitrogen and oxygen atoms in total. The number of ether oxygens (including phenoxy) is 1. The largest absolute Gasteiger partial charge is 0.493 e. The molecule has 1 aliphatic heterocycles. The lowest BCUT2D eigenvalue weighted by Gasteiger charge is -2.43. The van der Waals surface area contributed by atoms with Crippen molar-refractivity contribution in [2.24, 2.45) is 0 Å². The van der Waals surface area contributed by atoms with Crippen LogP contribution in [-0.4, -0.2) is 32.1 Å². The third-order valence-electron chi connectivity index (χ3n) is 5.20. The monoisotopic (exact) mass is 383 g/mol. The standard InChI is InChI=1S/C20H34N2O3S/c1-9-25-18-13(2)10-17(14(3)15(18)4)26(23,24)21-16-11-19(5,6)22-20(7,8)12-16/h10,16,21-22H,9,11-12H2,1-8H3/p+1. The van der Waals surface area contributed by atoms with Gasteiger partial charge in [0.05, 0.1) is 22.6 Å². The van der Waals surface area contributed by atoms with Gasteiger partial charge in [-0.25, -0.2) is 13.1 Å². The van der Waals surface area contributed by atoms with Gasteiger partial charge in [-0.1, -0.05) is 0 Å². The molecule has 1 heterocycles. The highest BCUT2D eigenvalue weighted by Gasteiger charge is 2.43. The predicted molar refractivity (Wildman–Crippen MR) is 105 cm³/mol. The molecule has 0 bridgehead atoms. The number of hydrogen-bond acceptors (Lipinski definition) is 3. The van der Waals surface area contributed by atoms with Crippen molar-refractivity contribution >= 4 is 10.0 Å². The molecule has 6 heteroatoms. The van der Waals surface area contributed by atoms with Crippen LogP contribution in [0.5, 0.6) is 5.75 Å². The van der Waals surface area contributed by atoms with Crippen molar-refractivity contribution in [3.8, 4) is 5.75 Å². The van der Waals surface area contributed by atoms with Crippen LogP contribution in [0.25, 0.3) is 0 Å². The number of rotatable bonds is 5. The first kappa shape index (κ1) is 21.2. The van der Waals surface area contributed by atoms with E-state index in [1.54, 1.807) is 6.07 Å². The SMILES string of the molecule is CCOc1c(C)cc(S(=O)(=O)NC2CC(C)(C)[NH2+]C(C)(C)C2)c(C)c1C. The van der Waals surface area contributed by atoms with Gasteiger partial charge in [0.25, 0.3) is 0 Å². The second-order valence-electron chi connectivity index (χ2n) is 9.05. The molecule has 0 saturated carbocycles. The number of benzene rings is 1. The van der Waals surface area contributed by atoms with Crippen LogP contribution in [0.2, 0.25) is 0 Å². The van der Waals surface area contributed by atoms with Crippen molar-refractivity contribution < 1.29 is 18.5 Å². The Balaban J connectivity index is 2.36. The lowest BCUT2D eigenvalue weighted by molar-refractivity contribution is -0.787. The van der Waals surface area contributed by atoms with Gasteiger partial charge in [-0.05, 0) is 78.1 Å². The normalized spacial score (nSPS) is 20.2. The van der Waals surface area contributed by atoms with Gasteiger partial charge in [0.2, 0.25) is 10.0 Å². The van der Waals surface area contributed by atoms with Crippen molar-refractivity contribution in [2.45, 2.75) is 90.2 Å². The van der Waals surface area contributed by atoms with E-state index in [-0.39, 0.29) is 17.1 Å². The Hall–Kier alpha value is -1.11. The lowest BCUT2D eigenvalue weighted by Crippen LogP contribution is -3.06. The molecule has 2 rings (SSSR count). The Kier molecular flexibility index (Phi) is 5.81. The van der Waals surface area contributed by atoms with Crippen molar-refractivity contribution in [2.75, 3.05) is 6.61 Å². The summed E-state index contributed by atoms with van der Waals surface area (Å²) in [6.45, 7) is 16.9. The van der Waals surface area contributed by atoms with Crippen LogP contribution in [0.3, 0.4) is 0 Å². The summed E-state index contributed by atoms with van der Waals surface area (Å²) < 4.78 is 35.0. The summed E-state index contributed by atoms with van der Waals surface area (Å²) in [6.07, 6.45) is 1.62. The highest BCUT2D eigenvalue weighted by atomic mass is 32.2. The summed E-state index contributed by atoms with van der Waals surface area (Å²) in [4.78, 5) is 0.362. The minimum Gasteiger partial charge on any atom is -0.493 e. The molecule has 148 valence electrons. The first-order valence-electron chi connectivity index (χ1n) is 9.41. The van der Waals surface area contributed by atoms with E-state index in [9.17, 15) is 8.42 Å². The summed E-state index contributed by atoms with van der Waals surface area (Å²) in [5.41, 5.74) is 2.52. The fourth-order valence-electron chi connectivity index (χ4n) is 4.55. The Morgan fingerprint density at radius 1 is 1.12 bits per heavy atom. The van der Waals surface area contributed by atoms with Gasteiger partial charge in [-0.3, -0.25) is 0 Å². The quantitative estimate of drug-likeness (QED) is 0.821. The van der Waals surface area contributed by atoms with Crippen molar-refractivity contribution in [1.82, 2.24) is 4.72 Å². The molecule has 0 aliphatic carbocycles. The molecule has 1 aliphatic rings. The summed E-state index contributed by atoms with van der Waals surface area (Å²) in [6, 6.07) is 1.67. The number of hydrogen-bond donors (Lipinski definition) is 2. The zero-order valence-corrected chi connectivity index (χ0v) is 18.3. The molecule has 26 heavy (non-hydrogen) atoms. The van der Waals surface area contributed by atoms with Gasteiger partial charge in [0.15, 0.2) is 0 Å². The van der Waals surface area contributed by atoms with Crippen LogP contribution in [0.1, 0.15) is 64.2 Å². The molecule has 0 unspecified atom stereocenters. The van der Waals surface area contributed by atoms with Crippen LogP contribution in [0, 0.1) is 20.8 Å². The average molecular weight is 384 g/mol. The number of nitrogens with one attached hydrogen (secondary N) is 1. The Morgan fingerprint density at radius 2 is 1.65 bits per heavy atom. The zero-order chi connectivity index (χ0) is 19.9. The van der Waals surface area contributed by atoms with E-state index in [0.29, 0.717) is 11.5 Å². The zero-order valence-electron chi connectivity index (χ0n) is 17.5. The van der Waals surface area contributed by atoms with E-state index in [1.807, 2.05) is 27.7 Å². The minimum atomic E-state index is -3.59. The van der Waals surface area contributed by atoms with Crippen molar-refractivity contribution in [3.63, 3.8) is 0 Å². The number of piperidine rings is 1. The van der Waals surface area contributed by atoms with E-state index in [2.05, 4.69) is 37.7 Å².